The van der Waals surface area contributed by atoms with Crippen molar-refractivity contribution in [1.82, 2.24) is 0 Å². The number of hydrogen-bond acceptors (Lipinski definition) is 2. The largest absolute Gasteiger partial charge is 0.231 e. The summed E-state index contributed by atoms with van der Waals surface area (Å²) in [7, 11) is -4.27. The average molecular weight is 424 g/mol. The summed E-state index contributed by atoms with van der Waals surface area (Å²) in [6.45, 7) is 18.9. The third-order valence-corrected chi connectivity index (χ3v) is 11.9. The summed E-state index contributed by atoms with van der Waals surface area (Å²) in [5.41, 5.74) is 10.3. The molecule has 0 saturated carbocycles. The quantitative estimate of drug-likeness (QED) is 0.339. The van der Waals surface area contributed by atoms with Gasteiger partial charge in [0.15, 0.2) is 10.9 Å². The molecule has 1 aromatic rings. The van der Waals surface area contributed by atoms with Crippen molar-refractivity contribution < 1.29 is 8.42 Å². The highest BCUT2D eigenvalue weighted by atomic mass is 32.2. The Balaban J connectivity index is 0.00000165. The average Bonchev–Trinajstić information content (AvgIpc) is 2.56. The standard InChI is InChI=1S/C23H38Si.H3NO2S/c1-9-12-21-14-11-15-22(23(21)13-10-2)16-17-24(18(3)4,19(5)6)20(7)8;1-4(2)3/h11,14-15,18-20H,9-10,12-13H2,1-8H3;4H,(H2,1,2,3). The molecule has 160 valence electrons. The predicted octanol–water partition coefficient (Wildman–Crippen LogP) is 5.63. The number of hydrogen-bond donors (Lipinski definition) is 2. The molecule has 0 aromatic heterocycles. The highest BCUT2D eigenvalue weighted by molar-refractivity contribution is 7.69. The Labute approximate surface area is 176 Å². The lowest BCUT2D eigenvalue weighted by Crippen LogP contribution is -2.43. The third-order valence-electron chi connectivity index (χ3n) is 5.57. The first-order valence-electron chi connectivity index (χ1n) is 10.6. The van der Waals surface area contributed by atoms with Gasteiger partial charge in [0.1, 0.15) is 8.07 Å². The van der Waals surface area contributed by atoms with Crippen LogP contribution >= 0.6 is 0 Å². The van der Waals surface area contributed by atoms with Gasteiger partial charge in [-0.2, -0.15) is 0 Å². The number of nitrogens with two attached hydrogens (primary N) is 1. The molecule has 0 amide bonds. The van der Waals surface area contributed by atoms with Crippen molar-refractivity contribution in [2.75, 3.05) is 0 Å². The summed E-state index contributed by atoms with van der Waals surface area (Å²) in [5.74, 6) is 3.69. The van der Waals surface area contributed by atoms with E-state index in [2.05, 4.69) is 90.2 Å². The van der Waals surface area contributed by atoms with Crippen molar-refractivity contribution in [3.63, 3.8) is 0 Å². The maximum absolute atomic E-state index is 8.81. The van der Waals surface area contributed by atoms with Gasteiger partial charge >= 0.3 is 0 Å². The summed E-state index contributed by atoms with van der Waals surface area (Å²) in [6.07, 6.45) is 4.72. The molecule has 0 spiro atoms. The minimum atomic E-state index is -2.62. The van der Waals surface area contributed by atoms with Crippen molar-refractivity contribution in [1.29, 1.82) is 0 Å². The van der Waals surface area contributed by atoms with Crippen LogP contribution in [-0.4, -0.2) is 16.5 Å². The first kappa shape index (κ1) is 26.9. The van der Waals surface area contributed by atoms with Gasteiger partial charge in [-0.25, -0.2) is 13.6 Å². The minimum absolute atomic E-state index is 0.693. The molecule has 0 unspecified atom stereocenters. The van der Waals surface area contributed by atoms with E-state index in [9.17, 15) is 0 Å². The monoisotopic (exact) mass is 423 g/mol. The van der Waals surface area contributed by atoms with Crippen LogP contribution in [0.4, 0.5) is 0 Å². The van der Waals surface area contributed by atoms with Crippen LogP contribution in [0.1, 0.15) is 84.9 Å². The van der Waals surface area contributed by atoms with Gasteiger partial charge in [-0.1, -0.05) is 86.3 Å². The van der Waals surface area contributed by atoms with E-state index in [4.69, 9.17) is 8.42 Å². The molecule has 0 aliphatic carbocycles. The van der Waals surface area contributed by atoms with E-state index in [-0.39, 0.29) is 0 Å². The van der Waals surface area contributed by atoms with Crippen LogP contribution < -0.4 is 5.14 Å². The van der Waals surface area contributed by atoms with Gasteiger partial charge in [-0.3, -0.25) is 0 Å². The van der Waals surface area contributed by atoms with Crippen molar-refractivity contribution in [3.8, 4) is 11.5 Å². The molecule has 0 aliphatic rings. The van der Waals surface area contributed by atoms with E-state index in [0.717, 1.165) is 6.42 Å². The van der Waals surface area contributed by atoms with E-state index in [1.807, 2.05) is 0 Å². The Morgan fingerprint density at radius 3 is 1.79 bits per heavy atom. The van der Waals surface area contributed by atoms with Crippen LogP contribution in [0.5, 0.6) is 0 Å². The number of benzene rings is 1. The van der Waals surface area contributed by atoms with Gasteiger partial charge < -0.3 is 0 Å². The summed E-state index contributed by atoms with van der Waals surface area (Å²) >= 11 is 0. The van der Waals surface area contributed by atoms with Crippen LogP contribution in [0.3, 0.4) is 0 Å². The second-order valence-corrected chi connectivity index (χ2v) is 14.5. The van der Waals surface area contributed by atoms with Crippen LogP contribution in [0.25, 0.3) is 0 Å². The molecule has 2 N–H and O–H groups in total. The highest BCUT2D eigenvalue weighted by Crippen LogP contribution is 2.40. The van der Waals surface area contributed by atoms with Crippen molar-refractivity contribution in [2.45, 2.75) is 97.7 Å². The summed E-state index contributed by atoms with van der Waals surface area (Å²) < 4.78 is 17.6. The van der Waals surface area contributed by atoms with Gasteiger partial charge in [0.25, 0.3) is 0 Å². The predicted molar refractivity (Wildman–Crippen MR) is 127 cm³/mol. The SMILES string of the molecule is CCCc1cccc(C#C[Si](C(C)C)(C(C)C)C(C)C)c1CCC.N[SH](=O)=O. The molecule has 5 heteroatoms. The van der Waals surface area contributed by atoms with E-state index < -0.39 is 19.0 Å². The second-order valence-electron chi connectivity index (χ2n) is 8.38. The smallest absolute Gasteiger partial charge is 0.198 e. The Morgan fingerprint density at radius 1 is 0.929 bits per heavy atom. The molecular weight excluding hydrogens is 382 g/mol. The second kappa shape index (κ2) is 13.2. The van der Waals surface area contributed by atoms with Crippen molar-refractivity contribution in [3.05, 3.63) is 34.9 Å². The lowest BCUT2D eigenvalue weighted by molar-refractivity contribution is 0.616. The zero-order valence-electron chi connectivity index (χ0n) is 19.1. The summed E-state index contributed by atoms with van der Waals surface area (Å²) in [6, 6.07) is 6.76. The zero-order valence-corrected chi connectivity index (χ0v) is 21.0. The molecular formula is C23H41NO2SSi. The molecule has 3 nitrogen and oxygen atoms in total. The molecule has 1 rings (SSSR count). The lowest BCUT2D eigenvalue weighted by Gasteiger charge is -2.38. The molecule has 0 fully saturated rings. The molecule has 0 atom stereocenters. The number of rotatable bonds is 7. The molecule has 0 heterocycles. The molecule has 0 saturated heterocycles. The molecule has 0 bridgehead atoms. The zero-order chi connectivity index (χ0) is 21.9. The van der Waals surface area contributed by atoms with E-state index in [1.165, 1.54) is 36.0 Å². The molecule has 1 aromatic carbocycles. The Morgan fingerprint density at radius 2 is 1.39 bits per heavy atom. The summed E-state index contributed by atoms with van der Waals surface area (Å²) in [4.78, 5) is 0. The first-order valence-corrected chi connectivity index (χ1v) is 14.0. The van der Waals surface area contributed by atoms with Gasteiger partial charge in [-0.15, -0.1) is 5.54 Å². The van der Waals surface area contributed by atoms with Crippen LogP contribution in [-0.2, 0) is 23.7 Å². The molecule has 0 aliphatic heterocycles. The normalized spacial score (nSPS) is 11.5. The molecule has 0 radical (unpaired) electrons. The fourth-order valence-corrected chi connectivity index (χ4v) is 9.63. The fraction of sp³-hybridized carbons (Fsp3) is 0.652. The maximum Gasteiger partial charge on any atom is 0.198 e. The summed E-state index contributed by atoms with van der Waals surface area (Å²) in [5, 5.41) is 4.06. The lowest BCUT2D eigenvalue weighted by atomic mass is 9.95. The van der Waals surface area contributed by atoms with E-state index >= 15 is 0 Å². The van der Waals surface area contributed by atoms with Crippen molar-refractivity contribution in [2.24, 2.45) is 5.14 Å². The highest BCUT2D eigenvalue weighted by Gasteiger charge is 2.41. The van der Waals surface area contributed by atoms with E-state index in [1.54, 1.807) is 0 Å². The number of thiol groups is 1. The van der Waals surface area contributed by atoms with Crippen molar-refractivity contribution >= 4 is 19.0 Å². The Kier molecular flexibility index (Phi) is 12.7. The molecule has 28 heavy (non-hydrogen) atoms. The minimum Gasteiger partial charge on any atom is -0.231 e. The fourth-order valence-electron chi connectivity index (χ4n) is 4.41. The first-order chi connectivity index (χ1) is 13.0. The number of aryl methyl sites for hydroxylation is 1. The maximum atomic E-state index is 8.81. The topological polar surface area (TPSA) is 60.2 Å². The van der Waals surface area contributed by atoms with Crippen LogP contribution in [0.15, 0.2) is 18.2 Å². The van der Waals surface area contributed by atoms with Gasteiger partial charge in [-0.05, 0) is 46.7 Å². The van der Waals surface area contributed by atoms with Crippen LogP contribution in [0, 0.1) is 11.5 Å². The Hall–Kier alpha value is -1.09. The van der Waals surface area contributed by atoms with Gasteiger partial charge in [0, 0.05) is 5.56 Å². The van der Waals surface area contributed by atoms with Crippen LogP contribution in [0.2, 0.25) is 16.6 Å². The third kappa shape index (κ3) is 7.73. The van der Waals surface area contributed by atoms with Gasteiger partial charge in [0.05, 0.1) is 0 Å². The van der Waals surface area contributed by atoms with E-state index in [0.29, 0.717) is 16.6 Å². The Bertz CT molecular complexity index is 698. The van der Waals surface area contributed by atoms with Gasteiger partial charge in [0.2, 0.25) is 0 Å².